The summed E-state index contributed by atoms with van der Waals surface area (Å²) in [6.45, 7) is 6.23. The van der Waals surface area contributed by atoms with E-state index in [9.17, 15) is 4.79 Å². The van der Waals surface area contributed by atoms with Crippen molar-refractivity contribution in [3.8, 4) is 0 Å². The summed E-state index contributed by atoms with van der Waals surface area (Å²) in [5.74, 6) is 0.328. The van der Waals surface area contributed by atoms with Crippen molar-refractivity contribution in [1.29, 1.82) is 0 Å². The van der Waals surface area contributed by atoms with Gasteiger partial charge in [-0.1, -0.05) is 110 Å². The molecule has 2 aromatic rings. The van der Waals surface area contributed by atoms with E-state index in [-0.39, 0.29) is 17.6 Å². The van der Waals surface area contributed by atoms with Crippen molar-refractivity contribution in [3.05, 3.63) is 125 Å². The number of hydrogen-bond acceptors (Lipinski definition) is 1. The lowest BCUT2D eigenvalue weighted by Gasteiger charge is -2.28. The summed E-state index contributed by atoms with van der Waals surface area (Å²) < 4.78 is 0. The molecule has 1 nitrogen and oxygen atoms in total. The van der Waals surface area contributed by atoms with E-state index in [1.165, 1.54) is 5.57 Å². The molecular weight excluding hydrogens is 400 g/mol. The number of ketones is 1. The van der Waals surface area contributed by atoms with Crippen molar-refractivity contribution >= 4 is 23.0 Å². The minimum atomic E-state index is -0.154. The highest BCUT2D eigenvalue weighted by Crippen LogP contribution is 2.47. The number of hydrogen-bond donors (Lipinski definition) is 0. The van der Waals surface area contributed by atoms with Gasteiger partial charge in [0.15, 0.2) is 5.78 Å². The molecule has 5 rings (SSSR count). The van der Waals surface area contributed by atoms with E-state index in [1.54, 1.807) is 0 Å². The normalized spacial score (nSPS) is 22.0. The van der Waals surface area contributed by atoms with E-state index in [2.05, 4.69) is 74.2 Å². The standard InChI is InChI=1S/C32H30O/c1-3-24-14-10-11-17-26(24)30-21-28-22(2)20-29(25-15-8-5-9-16-25)31(28)32(33)27(30)19-18-23-12-6-4-7-13-23/h3,5-6,8-17,20-22,27H,1,4,7,18-19H2,2H3. The molecule has 0 heterocycles. The highest BCUT2D eigenvalue weighted by molar-refractivity contribution is 6.19. The summed E-state index contributed by atoms with van der Waals surface area (Å²) in [6.07, 6.45) is 17.2. The third kappa shape index (κ3) is 4.04. The van der Waals surface area contributed by atoms with Crippen molar-refractivity contribution in [2.24, 2.45) is 11.8 Å². The molecule has 2 aromatic carbocycles. The third-order valence-electron chi connectivity index (χ3n) is 7.08. The predicted octanol–water partition coefficient (Wildman–Crippen LogP) is 8.00. The fourth-order valence-corrected chi connectivity index (χ4v) is 5.38. The second kappa shape index (κ2) is 9.19. The molecule has 2 unspecified atom stereocenters. The molecule has 0 aliphatic heterocycles. The van der Waals surface area contributed by atoms with Crippen molar-refractivity contribution in [3.63, 3.8) is 0 Å². The predicted molar refractivity (Wildman–Crippen MR) is 139 cm³/mol. The zero-order valence-corrected chi connectivity index (χ0v) is 19.3. The Morgan fingerprint density at radius 3 is 2.58 bits per heavy atom. The Balaban J connectivity index is 1.59. The van der Waals surface area contributed by atoms with Crippen LogP contribution in [0.2, 0.25) is 0 Å². The van der Waals surface area contributed by atoms with Gasteiger partial charge < -0.3 is 0 Å². The van der Waals surface area contributed by atoms with Crippen LogP contribution in [0.15, 0.2) is 108 Å². The maximum Gasteiger partial charge on any atom is 0.171 e. The van der Waals surface area contributed by atoms with Gasteiger partial charge in [0, 0.05) is 17.4 Å². The molecule has 1 heteroatoms. The smallest absolute Gasteiger partial charge is 0.171 e. The first-order chi connectivity index (χ1) is 16.2. The molecule has 0 amide bonds. The van der Waals surface area contributed by atoms with Gasteiger partial charge in [-0.25, -0.2) is 0 Å². The zero-order valence-electron chi connectivity index (χ0n) is 19.3. The Morgan fingerprint density at radius 2 is 1.82 bits per heavy atom. The third-order valence-corrected chi connectivity index (χ3v) is 7.08. The number of Topliss-reactive ketones (excluding diaryl/α,β-unsaturated/α-hetero) is 1. The molecule has 33 heavy (non-hydrogen) atoms. The molecule has 164 valence electrons. The fourth-order valence-electron chi connectivity index (χ4n) is 5.38. The van der Waals surface area contributed by atoms with E-state index in [0.29, 0.717) is 0 Å². The van der Waals surface area contributed by atoms with E-state index in [0.717, 1.165) is 64.7 Å². The van der Waals surface area contributed by atoms with Crippen molar-refractivity contribution in [2.45, 2.75) is 32.6 Å². The van der Waals surface area contributed by atoms with Gasteiger partial charge in [0.1, 0.15) is 0 Å². The van der Waals surface area contributed by atoms with Gasteiger partial charge in [0.2, 0.25) is 0 Å². The summed E-state index contributed by atoms with van der Waals surface area (Å²) in [7, 11) is 0. The first-order valence-electron chi connectivity index (χ1n) is 12.0. The van der Waals surface area contributed by atoms with Crippen molar-refractivity contribution in [2.75, 3.05) is 0 Å². The van der Waals surface area contributed by atoms with E-state index in [1.807, 2.05) is 30.3 Å². The Hall–Kier alpha value is -3.45. The van der Waals surface area contributed by atoms with Crippen LogP contribution in [-0.4, -0.2) is 5.78 Å². The molecule has 0 saturated heterocycles. The van der Waals surface area contributed by atoms with Crippen LogP contribution in [0.1, 0.15) is 49.3 Å². The number of carbonyl (C=O) groups is 1. The summed E-state index contributed by atoms with van der Waals surface area (Å²) in [5, 5.41) is 0. The lowest BCUT2D eigenvalue weighted by molar-refractivity contribution is -0.117. The quantitative estimate of drug-likeness (QED) is 0.454. The molecule has 3 aliphatic carbocycles. The lowest BCUT2D eigenvalue weighted by Crippen LogP contribution is -2.24. The van der Waals surface area contributed by atoms with Crippen LogP contribution >= 0.6 is 0 Å². The average Bonchev–Trinajstić information content (AvgIpc) is 3.21. The number of carbonyl (C=O) groups excluding carboxylic acids is 1. The van der Waals surface area contributed by atoms with E-state index in [4.69, 9.17) is 0 Å². The van der Waals surface area contributed by atoms with Crippen molar-refractivity contribution in [1.82, 2.24) is 0 Å². The van der Waals surface area contributed by atoms with Crippen LogP contribution in [0.5, 0.6) is 0 Å². The van der Waals surface area contributed by atoms with Gasteiger partial charge in [-0.05, 0) is 59.1 Å². The van der Waals surface area contributed by atoms with Gasteiger partial charge in [-0.2, -0.15) is 0 Å². The van der Waals surface area contributed by atoms with E-state index < -0.39 is 0 Å². The Kier molecular flexibility index (Phi) is 5.96. The first kappa shape index (κ1) is 21.4. The SMILES string of the molecule is C=Cc1ccccc1C1=CC2=C(C(=O)C1CCC1=CCCC=C1)C(c1ccccc1)=CC2C. The maximum absolute atomic E-state index is 14.2. The topological polar surface area (TPSA) is 17.1 Å². The fraction of sp³-hybridized carbons (Fsp3) is 0.219. The molecule has 0 spiro atoms. The molecule has 0 saturated carbocycles. The second-order valence-electron chi connectivity index (χ2n) is 9.17. The van der Waals surface area contributed by atoms with Crippen LogP contribution in [-0.2, 0) is 4.79 Å². The molecule has 0 fully saturated rings. The number of rotatable bonds is 6. The molecule has 0 radical (unpaired) electrons. The Bertz CT molecular complexity index is 1250. The van der Waals surface area contributed by atoms with Crippen LogP contribution in [0.3, 0.4) is 0 Å². The monoisotopic (exact) mass is 430 g/mol. The summed E-state index contributed by atoms with van der Waals surface area (Å²) in [6, 6.07) is 18.7. The van der Waals surface area contributed by atoms with Gasteiger partial charge in [-0.3, -0.25) is 4.79 Å². The molecule has 3 aliphatic rings. The van der Waals surface area contributed by atoms with Gasteiger partial charge in [0.05, 0.1) is 0 Å². The molecule has 0 bridgehead atoms. The highest BCUT2D eigenvalue weighted by atomic mass is 16.1. The van der Waals surface area contributed by atoms with Gasteiger partial charge >= 0.3 is 0 Å². The van der Waals surface area contributed by atoms with Crippen LogP contribution in [0, 0.1) is 11.8 Å². The summed E-state index contributed by atoms with van der Waals surface area (Å²) in [4.78, 5) is 14.2. The molecule has 2 atom stereocenters. The first-order valence-corrected chi connectivity index (χ1v) is 12.0. The van der Waals surface area contributed by atoms with E-state index >= 15 is 0 Å². The van der Waals surface area contributed by atoms with Gasteiger partial charge in [-0.15, -0.1) is 0 Å². The van der Waals surface area contributed by atoms with Gasteiger partial charge in [0.25, 0.3) is 0 Å². The molecule has 0 N–H and O–H groups in total. The second-order valence-corrected chi connectivity index (χ2v) is 9.17. The number of allylic oxidation sites excluding steroid dienone is 10. The Labute approximate surface area is 197 Å². The largest absolute Gasteiger partial charge is 0.293 e. The zero-order chi connectivity index (χ0) is 22.8. The minimum absolute atomic E-state index is 0.154. The minimum Gasteiger partial charge on any atom is -0.293 e. The van der Waals surface area contributed by atoms with Crippen molar-refractivity contribution < 1.29 is 4.79 Å². The average molecular weight is 431 g/mol. The maximum atomic E-state index is 14.2. The number of benzene rings is 2. The van der Waals surface area contributed by atoms with Crippen LogP contribution in [0.4, 0.5) is 0 Å². The molecule has 0 aromatic heterocycles. The lowest BCUT2D eigenvalue weighted by atomic mass is 9.74. The highest BCUT2D eigenvalue weighted by Gasteiger charge is 2.38. The van der Waals surface area contributed by atoms with Crippen LogP contribution < -0.4 is 0 Å². The molecular formula is C32H30O. The Morgan fingerprint density at radius 1 is 1.03 bits per heavy atom. The summed E-state index contributed by atoms with van der Waals surface area (Å²) in [5.41, 5.74) is 9.01. The van der Waals surface area contributed by atoms with Crippen LogP contribution in [0.25, 0.3) is 17.2 Å². The summed E-state index contributed by atoms with van der Waals surface area (Å²) >= 11 is 0.